The van der Waals surface area contributed by atoms with Crippen molar-refractivity contribution in [2.75, 3.05) is 16.8 Å². The van der Waals surface area contributed by atoms with E-state index in [9.17, 15) is 22.8 Å². The lowest BCUT2D eigenvalue weighted by Crippen LogP contribution is -2.43. The maximum atomic E-state index is 13.6. The van der Waals surface area contributed by atoms with Gasteiger partial charge in [0.2, 0.25) is 0 Å². The zero-order valence-electron chi connectivity index (χ0n) is 24.3. The minimum atomic E-state index is -4.49. The lowest BCUT2D eigenvalue weighted by atomic mass is 10.0. The summed E-state index contributed by atoms with van der Waals surface area (Å²) in [6.45, 7) is 3.79. The van der Waals surface area contributed by atoms with Crippen molar-refractivity contribution in [2.24, 2.45) is 4.99 Å². The number of pyridine rings is 1. The van der Waals surface area contributed by atoms with Crippen molar-refractivity contribution in [1.82, 2.24) is 14.8 Å². The van der Waals surface area contributed by atoms with Gasteiger partial charge in [-0.25, -0.2) is 9.98 Å². The number of halogens is 3. The summed E-state index contributed by atoms with van der Waals surface area (Å²) in [6, 6.07) is 26.6. The number of nitrogens with zero attached hydrogens (tertiary/aromatic N) is 5. The Morgan fingerprint density at radius 1 is 0.911 bits per heavy atom. The van der Waals surface area contributed by atoms with Crippen LogP contribution in [-0.4, -0.2) is 38.8 Å². The second-order valence-electron chi connectivity index (χ2n) is 10.7. The number of anilines is 2. The van der Waals surface area contributed by atoms with Crippen LogP contribution in [0.2, 0.25) is 0 Å². The molecule has 1 aliphatic rings. The van der Waals surface area contributed by atoms with Crippen molar-refractivity contribution in [3.63, 3.8) is 0 Å². The van der Waals surface area contributed by atoms with E-state index in [1.54, 1.807) is 19.1 Å². The zero-order chi connectivity index (χ0) is 31.7. The van der Waals surface area contributed by atoms with E-state index < -0.39 is 23.6 Å². The molecular formula is C34H27F3N6O2. The second kappa shape index (κ2) is 11.8. The fourth-order valence-corrected chi connectivity index (χ4v) is 5.24. The molecule has 0 bridgehead atoms. The standard InChI is InChI=1S/C34H27F3N6O2/c1-21-17-25(18-29(39-21)41-30(23-9-5-3-6-10-23)24-11-7-4-8-12-24)32(44)40-28-19-38-43-22(2)20-42(33(45)31(28)43)27-15-13-26(14-16-27)34(35,36)37/h3-19,22H,20H2,1-2H3,(H,40,44)/t22-/m0/s1. The number of fused-ring (bicyclic) bond motifs is 1. The summed E-state index contributed by atoms with van der Waals surface area (Å²) in [6.07, 6.45) is -3.09. The first-order valence-corrected chi connectivity index (χ1v) is 14.1. The molecule has 45 heavy (non-hydrogen) atoms. The Hall–Kier alpha value is -5.58. The first-order chi connectivity index (χ1) is 21.6. The van der Waals surface area contributed by atoms with Crippen molar-refractivity contribution in [3.05, 3.63) is 137 Å². The lowest BCUT2D eigenvalue weighted by molar-refractivity contribution is -0.137. The average molecular weight is 609 g/mol. The molecule has 226 valence electrons. The Morgan fingerprint density at radius 2 is 1.53 bits per heavy atom. The number of hydrogen-bond acceptors (Lipinski definition) is 5. The first kappa shape index (κ1) is 29.5. The number of carbonyl (C=O) groups is 2. The van der Waals surface area contributed by atoms with Crippen LogP contribution >= 0.6 is 0 Å². The molecule has 0 fully saturated rings. The average Bonchev–Trinajstić information content (AvgIpc) is 3.46. The highest BCUT2D eigenvalue weighted by molar-refractivity contribution is 6.15. The van der Waals surface area contributed by atoms with Crippen LogP contribution in [0.25, 0.3) is 0 Å². The Kier molecular flexibility index (Phi) is 7.76. The van der Waals surface area contributed by atoms with E-state index in [1.807, 2.05) is 67.6 Å². The minimum Gasteiger partial charge on any atom is -0.319 e. The van der Waals surface area contributed by atoms with Gasteiger partial charge in [-0.2, -0.15) is 18.3 Å². The van der Waals surface area contributed by atoms with Gasteiger partial charge >= 0.3 is 6.18 Å². The highest BCUT2D eigenvalue weighted by Gasteiger charge is 2.35. The number of alkyl halides is 3. The van der Waals surface area contributed by atoms with Crippen LogP contribution in [0.1, 0.15) is 56.2 Å². The van der Waals surface area contributed by atoms with Gasteiger partial charge in [0.05, 0.1) is 29.2 Å². The van der Waals surface area contributed by atoms with Gasteiger partial charge in [-0.1, -0.05) is 60.7 Å². The summed E-state index contributed by atoms with van der Waals surface area (Å²) in [7, 11) is 0. The number of nitrogens with one attached hydrogen (secondary N) is 1. The van der Waals surface area contributed by atoms with E-state index in [0.29, 0.717) is 22.9 Å². The third-order valence-electron chi connectivity index (χ3n) is 7.38. The van der Waals surface area contributed by atoms with Gasteiger partial charge in [-0.3, -0.25) is 14.3 Å². The van der Waals surface area contributed by atoms with Gasteiger partial charge in [-0.15, -0.1) is 0 Å². The molecule has 1 N–H and O–H groups in total. The highest BCUT2D eigenvalue weighted by Crippen LogP contribution is 2.34. The molecule has 8 nitrogen and oxygen atoms in total. The first-order valence-electron chi connectivity index (χ1n) is 14.1. The van der Waals surface area contributed by atoms with Crippen molar-refractivity contribution < 1.29 is 22.8 Å². The lowest BCUT2D eigenvalue weighted by Gasteiger charge is -2.32. The van der Waals surface area contributed by atoms with E-state index >= 15 is 0 Å². The fraction of sp³-hybridized carbons (Fsp3) is 0.147. The van der Waals surface area contributed by atoms with Crippen LogP contribution in [0, 0.1) is 6.92 Å². The molecule has 1 aliphatic heterocycles. The minimum absolute atomic E-state index is 0.126. The van der Waals surface area contributed by atoms with Crippen LogP contribution < -0.4 is 10.2 Å². The normalized spacial score (nSPS) is 14.6. The number of aryl methyl sites for hydroxylation is 1. The molecule has 0 aliphatic carbocycles. The number of aromatic nitrogens is 3. The topological polar surface area (TPSA) is 92.5 Å². The Bertz CT molecular complexity index is 1860. The van der Waals surface area contributed by atoms with Crippen LogP contribution in [0.4, 0.5) is 30.4 Å². The molecule has 5 aromatic rings. The number of hydrogen-bond donors (Lipinski definition) is 1. The van der Waals surface area contributed by atoms with Gasteiger partial charge in [0.15, 0.2) is 11.5 Å². The van der Waals surface area contributed by atoms with Gasteiger partial charge in [0, 0.05) is 34.6 Å². The molecule has 0 spiro atoms. The van der Waals surface area contributed by atoms with E-state index in [2.05, 4.69) is 15.4 Å². The van der Waals surface area contributed by atoms with E-state index in [4.69, 9.17) is 4.99 Å². The molecule has 3 aromatic carbocycles. The van der Waals surface area contributed by atoms with Gasteiger partial charge in [0.1, 0.15) is 0 Å². The smallest absolute Gasteiger partial charge is 0.319 e. The molecule has 6 rings (SSSR count). The van der Waals surface area contributed by atoms with Crippen molar-refractivity contribution in [3.8, 4) is 0 Å². The molecule has 0 unspecified atom stereocenters. The third kappa shape index (κ3) is 6.10. The molecule has 1 atom stereocenters. The van der Waals surface area contributed by atoms with E-state index in [1.165, 1.54) is 27.9 Å². The SMILES string of the molecule is Cc1cc(C(=O)Nc2cnn3c2C(=O)N(c2ccc(C(F)(F)F)cc2)C[C@@H]3C)cc(N=C(c2ccccc2)c2ccccc2)n1. The molecule has 0 saturated carbocycles. The maximum absolute atomic E-state index is 13.6. The Morgan fingerprint density at radius 3 is 2.13 bits per heavy atom. The Balaban J connectivity index is 1.30. The number of aliphatic imine (C=N–C) groups is 1. The fourth-order valence-electron chi connectivity index (χ4n) is 5.24. The van der Waals surface area contributed by atoms with Gasteiger partial charge in [0.25, 0.3) is 11.8 Å². The summed E-state index contributed by atoms with van der Waals surface area (Å²) in [4.78, 5) is 37.9. The summed E-state index contributed by atoms with van der Waals surface area (Å²) in [5, 5.41) is 7.12. The maximum Gasteiger partial charge on any atom is 0.416 e. The van der Waals surface area contributed by atoms with E-state index in [-0.39, 0.29) is 29.5 Å². The second-order valence-corrected chi connectivity index (χ2v) is 10.7. The monoisotopic (exact) mass is 608 g/mol. The van der Waals surface area contributed by atoms with Crippen LogP contribution in [0.5, 0.6) is 0 Å². The number of amides is 2. The van der Waals surface area contributed by atoms with Crippen molar-refractivity contribution >= 4 is 34.7 Å². The van der Waals surface area contributed by atoms with Crippen molar-refractivity contribution in [1.29, 1.82) is 0 Å². The predicted octanol–water partition coefficient (Wildman–Crippen LogP) is 7.25. The molecular weight excluding hydrogens is 581 g/mol. The summed E-state index contributed by atoms with van der Waals surface area (Å²) in [5.41, 5.74) is 3.11. The van der Waals surface area contributed by atoms with Crippen molar-refractivity contribution in [2.45, 2.75) is 26.1 Å². The number of benzene rings is 3. The number of rotatable bonds is 6. The largest absolute Gasteiger partial charge is 0.416 e. The number of carbonyl (C=O) groups excluding carboxylic acids is 2. The molecule has 2 amide bonds. The predicted molar refractivity (Wildman–Crippen MR) is 165 cm³/mol. The van der Waals surface area contributed by atoms with E-state index in [0.717, 1.165) is 23.3 Å². The van der Waals surface area contributed by atoms with Gasteiger partial charge in [-0.05, 0) is 50.2 Å². The van der Waals surface area contributed by atoms with Crippen LogP contribution in [0.15, 0.2) is 108 Å². The highest BCUT2D eigenvalue weighted by atomic mass is 19.4. The summed E-state index contributed by atoms with van der Waals surface area (Å²) in [5.74, 6) is -0.661. The zero-order valence-corrected chi connectivity index (χ0v) is 24.3. The summed E-state index contributed by atoms with van der Waals surface area (Å²) >= 11 is 0. The molecule has 0 saturated heterocycles. The quantitative estimate of drug-likeness (QED) is 0.206. The van der Waals surface area contributed by atoms with Crippen LogP contribution in [-0.2, 0) is 6.18 Å². The van der Waals surface area contributed by atoms with Gasteiger partial charge < -0.3 is 10.2 Å². The molecule has 3 heterocycles. The Labute approximate surface area is 256 Å². The molecule has 0 radical (unpaired) electrons. The molecule has 2 aromatic heterocycles. The van der Waals surface area contributed by atoms with Crippen LogP contribution in [0.3, 0.4) is 0 Å². The third-order valence-corrected chi connectivity index (χ3v) is 7.38. The summed E-state index contributed by atoms with van der Waals surface area (Å²) < 4.78 is 40.8. The molecule has 11 heteroatoms.